The predicted molar refractivity (Wildman–Crippen MR) is 248 cm³/mol. The average molecular weight is 778 g/mol. The first-order chi connectivity index (χ1) is 28.7. The van der Waals surface area contributed by atoms with Crippen molar-refractivity contribution in [2.45, 2.75) is 50.7 Å². The molecule has 59 heavy (non-hydrogen) atoms. The number of hydrogen-bond acceptors (Lipinski definition) is 4. The van der Waals surface area contributed by atoms with Crippen LogP contribution in [0.4, 0.5) is 0 Å². The van der Waals surface area contributed by atoms with E-state index in [-0.39, 0.29) is 23.0 Å². The van der Waals surface area contributed by atoms with Gasteiger partial charge in [-0.3, -0.25) is 5.32 Å². The third-order valence-electron chi connectivity index (χ3n) is 13.6. The van der Waals surface area contributed by atoms with Gasteiger partial charge in [0, 0.05) is 27.5 Å². The van der Waals surface area contributed by atoms with Gasteiger partial charge in [0.2, 0.25) is 0 Å². The average Bonchev–Trinajstić information content (AvgIpc) is 3.89. The predicted octanol–water partition coefficient (Wildman–Crippen LogP) is 13.9. The summed E-state index contributed by atoms with van der Waals surface area (Å²) in [6.07, 6.45) is 2.28. The molecular weight excluding hydrogens is 735 g/mol. The molecule has 2 N–H and O–H groups in total. The van der Waals surface area contributed by atoms with Crippen molar-refractivity contribution in [3.05, 3.63) is 203 Å². The van der Waals surface area contributed by atoms with Crippen LogP contribution in [0, 0.1) is 0 Å². The van der Waals surface area contributed by atoms with Crippen LogP contribution in [0.5, 0.6) is 0 Å². The van der Waals surface area contributed by atoms with E-state index in [4.69, 9.17) is 4.98 Å². The van der Waals surface area contributed by atoms with Crippen LogP contribution in [-0.4, -0.2) is 4.98 Å². The molecule has 0 spiro atoms. The fourth-order valence-corrected chi connectivity index (χ4v) is 11.4. The Bertz CT molecular complexity index is 3240. The van der Waals surface area contributed by atoms with E-state index in [0.29, 0.717) is 0 Å². The summed E-state index contributed by atoms with van der Waals surface area (Å²) in [5.41, 5.74) is 17.8. The van der Waals surface area contributed by atoms with Crippen LogP contribution in [0.1, 0.15) is 78.8 Å². The van der Waals surface area contributed by atoms with E-state index in [1.807, 2.05) is 0 Å². The van der Waals surface area contributed by atoms with Gasteiger partial charge in [-0.25, -0.2) is 4.98 Å². The summed E-state index contributed by atoms with van der Waals surface area (Å²) >= 11 is 1.77. The summed E-state index contributed by atoms with van der Waals surface area (Å²) in [5, 5.41) is 14.0. The van der Waals surface area contributed by atoms with Crippen LogP contribution < -0.4 is 10.6 Å². The van der Waals surface area contributed by atoms with Crippen molar-refractivity contribution >= 4 is 48.8 Å². The van der Waals surface area contributed by atoms with Crippen molar-refractivity contribution in [3.63, 3.8) is 0 Å². The van der Waals surface area contributed by atoms with Gasteiger partial charge in [0.1, 0.15) is 11.2 Å². The lowest BCUT2D eigenvalue weighted by Gasteiger charge is -2.34. The van der Waals surface area contributed by atoms with Crippen molar-refractivity contribution in [1.29, 1.82) is 0 Å². The van der Waals surface area contributed by atoms with E-state index in [0.717, 1.165) is 21.8 Å². The minimum absolute atomic E-state index is 0.0159. The van der Waals surface area contributed by atoms with Crippen molar-refractivity contribution < 1.29 is 0 Å². The summed E-state index contributed by atoms with van der Waals surface area (Å²) in [6, 6.07) is 58.5. The largest absolute Gasteiger partial charge is 0.366 e. The summed E-state index contributed by atoms with van der Waals surface area (Å²) in [6.45, 7) is 9.46. The van der Waals surface area contributed by atoms with Gasteiger partial charge in [0.25, 0.3) is 0 Å². The maximum absolute atomic E-state index is 5.24. The molecule has 0 radical (unpaired) electrons. The minimum Gasteiger partial charge on any atom is -0.366 e. The van der Waals surface area contributed by atoms with Crippen LogP contribution in [0.2, 0.25) is 0 Å². The molecule has 2 heterocycles. The standard InChI is InChI=1S/C55H43N3S/c1-54(2)43-16-10-8-14-39(43)41-25-20-35(29-45(41)54)47-31-48(36-21-26-42-40-15-9-11-17-44(40)55(3,4)46(42)30-36)57-52(56-47)37-22-24-38-34(28-37)19-18-32-23-27-49-51(50(32)38)58-53(59-49)33-12-6-5-7-13-33/h5-31,47,52,56-57H,1-4H3. The van der Waals surface area contributed by atoms with Gasteiger partial charge in [-0.1, -0.05) is 167 Å². The Hall–Kier alpha value is -6.33. The quantitative estimate of drug-likeness (QED) is 0.175. The second-order valence-corrected chi connectivity index (χ2v) is 18.7. The lowest BCUT2D eigenvalue weighted by Crippen LogP contribution is -2.39. The number of benzene rings is 8. The number of aromatic nitrogens is 1. The number of nitrogens with zero attached hydrogens (tertiary/aromatic N) is 1. The SMILES string of the molecule is CC1(C)c2ccccc2-c2ccc(C3=CC(c4ccc5c(c4)C(C)(C)c4ccccc4-5)NC(c4ccc5c(ccc6ccc7sc(-c8ccccc8)nc7c65)c4)N3)cc21. The molecule has 0 bridgehead atoms. The Kier molecular flexibility index (Phi) is 7.40. The second kappa shape index (κ2) is 12.6. The maximum atomic E-state index is 5.24. The molecule has 8 aromatic carbocycles. The number of hydrogen-bond donors (Lipinski definition) is 2. The summed E-state index contributed by atoms with van der Waals surface area (Å²) in [4.78, 5) is 5.24. The van der Waals surface area contributed by atoms with Gasteiger partial charge in [-0.2, -0.15) is 0 Å². The zero-order valence-corrected chi connectivity index (χ0v) is 34.4. The van der Waals surface area contributed by atoms with E-state index in [9.17, 15) is 0 Å². The van der Waals surface area contributed by atoms with Gasteiger partial charge in [0.05, 0.1) is 16.3 Å². The highest BCUT2D eigenvalue weighted by atomic mass is 32.1. The molecule has 3 aliphatic rings. The van der Waals surface area contributed by atoms with Crippen LogP contribution in [-0.2, 0) is 10.8 Å². The fraction of sp³-hybridized carbons (Fsp3) is 0.145. The highest BCUT2D eigenvalue weighted by Gasteiger charge is 2.38. The summed E-state index contributed by atoms with van der Waals surface area (Å²) < 4.78 is 1.21. The van der Waals surface area contributed by atoms with Gasteiger partial charge in [-0.05, 0) is 102 Å². The van der Waals surface area contributed by atoms with Crippen molar-refractivity contribution in [2.24, 2.45) is 0 Å². The van der Waals surface area contributed by atoms with Gasteiger partial charge in [0.15, 0.2) is 0 Å². The maximum Gasteiger partial charge on any atom is 0.124 e. The molecule has 2 unspecified atom stereocenters. The molecule has 0 saturated carbocycles. The van der Waals surface area contributed by atoms with Crippen molar-refractivity contribution in [2.75, 3.05) is 0 Å². The van der Waals surface area contributed by atoms with E-state index in [1.165, 1.54) is 87.4 Å². The summed E-state index contributed by atoms with van der Waals surface area (Å²) in [7, 11) is 0. The second-order valence-electron chi connectivity index (χ2n) is 17.7. The Morgan fingerprint density at radius 3 is 1.92 bits per heavy atom. The van der Waals surface area contributed by atoms with Crippen LogP contribution in [0.25, 0.3) is 70.3 Å². The molecular formula is C55H43N3S. The zero-order valence-electron chi connectivity index (χ0n) is 33.6. The topological polar surface area (TPSA) is 37.0 Å². The smallest absolute Gasteiger partial charge is 0.124 e. The van der Waals surface area contributed by atoms with E-state index in [2.05, 4.69) is 202 Å². The Morgan fingerprint density at radius 1 is 0.525 bits per heavy atom. The first-order valence-corrected chi connectivity index (χ1v) is 21.6. The van der Waals surface area contributed by atoms with Crippen molar-refractivity contribution in [3.8, 4) is 32.8 Å². The lowest BCUT2D eigenvalue weighted by molar-refractivity contribution is 0.442. The van der Waals surface area contributed by atoms with E-state index >= 15 is 0 Å². The van der Waals surface area contributed by atoms with Gasteiger partial charge in [-0.15, -0.1) is 11.3 Å². The monoisotopic (exact) mass is 777 g/mol. The lowest BCUT2D eigenvalue weighted by atomic mass is 9.81. The molecule has 2 aliphatic carbocycles. The Balaban J connectivity index is 0.975. The molecule has 1 aliphatic heterocycles. The van der Waals surface area contributed by atoms with E-state index in [1.54, 1.807) is 11.3 Å². The molecule has 3 nitrogen and oxygen atoms in total. The summed E-state index contributed by atoms with van der Waals surface area (Å²) in [5.74, 6) is 0. The van der Waals surface area contributed by atoms with Crippen LogP contribution >= 0.6 is 11.3 Å². The van der Waals surface area contributed by atoms with Crippen molar-refractivity contribution in [1.82, 2.24) is 15.6 Å². The molecule has 9 aromatic rings. The number of thiazole rings is 1. The zero-order chi connectivity index (χ0) is 39.6. The molecule has 0 fully saturated rings. The van der Waals surface area contributed by atoms with Crippen LogP contribution in [0.3, 0.4) is 0 Å². The first kappa shape index (κ1) is 34.7. The normalized spacial score (nSPS) is 18.3. The van der Waals surface area contributed by atoms with E-state index < -0.39 is 0 Å². The molecule has 1 aromatic heterocycles. The van der Waals surface area contributed by atoms with Gasteiger partial charge >= 0.3 is 0 Å². The molecule has 284 valence electrons. The number of rotatable bonds is 4. The van der Waals surface area contributed by atoms with Crippen LogP contribution in [0.15, 0.2) is 164 Å². The molecule has 12 rings (SSSR count). The third-order valence-corrected chi connectivity index (χ3v) is 14.6. The highest BCUT2D eigenvalue weighted by Crippen LogP contribution is 2.51. The fourth-order valence-electron chi connectivity index (χ4n) is 10.4. The molecule has 0 saturated heterocycles. The molecule has 4 heteroatoms. The molecule has 2 atom stereocenters. The first-order valence-electron chi connectivity index (χ1n) is 20.8. The van der Waals surface area contributed by atoms with Gasteiger partial charge < -0.3 is 5.32 Å². The molecule has 0 amide bonds. The number of nitrogens with one attached hydrogen (secondary N) is 2. The third kappa shape index (κ3) is 5.19. The Labute approximate surface area is 349 Å². The number of fused-ring (bicyclic) bond motifs is 11. The minimum atomic E-state index is -0.128. The highest BCUT2D eigenvalue weighted by molar-refractivity contribution is 7.21. The Morgan fingerprint density at radius 2 is 1.15 bits per heavy atom.